The topological polar surface area (TPSA) is 66.5 Å². The number of anilines is 2. The van der Waals surface area contributed by atoms with Crippen LogP contribution in [0.2, 0.25) is 0 Å². The monoisotopic (exact) mass is 378 g/mol. The lowest BCUT2D eigenvalue weighted by molar-refractivity contribution is -0.115. The fourth-order valence-electron chi connectivity index (χ4n) is 3.18. The highest BCUT2D eigenvalue weighted by Crippen LogP contribution is 2.33. The van der Waals surface area contributed by atoms with Gasteiger partial charge in [0.05, 0.1) is 16.3 Å². The first kappa shape index (κ1) is 17.3. The molecule has 3 aromatic rings. The largest absolute Gasteiger partial charge is 0.324 e. The Morgan fingerprint density at radius 1 is 0.815 bits per heavy atom. The summed E-state index contributed by atoms with van der Waals surface area (Å²) in [5.74, 6) is -0.196. The van der Waals surface area contributed by atoms with E-state index in [1.807, 2.05) is 36.4 Å². The summed E-state index contributed by atoms with van der Waals surface area (Å²) in [6.45, 7) is 0.0980. The Morgan fingerprint density at radius 2 is 1.52 bits per heavy atom. The summed E-state index contributed by atoms with van der Waals surface area (Å²) in [7, 11) is -3.81. The highest BCUT2D eigenvalue weighted by atomic mass is 32.2. The standard InChI is InChI=1S/C21H18N2O3S/c24-21-13-14-23(20-12-5-4-11-19(20)22-21)27(25,26)18-10-6-9-17(15-18)16-7-2-1-3-8-16/h1-12,15H,13-14H2,(H,22,24). The van der Waals surface area contributed by atoms with E-state index in [9.17, 15) is 13.2 Å². The molecule has 0 saturated heterocycles. The molecular weight excluding hydrogens is 360 g/mol. The van der Waals surface area contributed by atoms with Gasteiger partial charge < -0.3 is 5.32 Å². The smallest absolute Gasteiger partial charge is 0.264 e. The SMILES string of the molecule is O=C1CCN(S(=O)(=O)c2cccc(-c3ccccc3)c2)c2ccccc2N1. The van der Waals surface area contributed by atoms with E-state index < -0.39 is 10.0 Å². The van der Waals surface area contributed by atoms with Crippen molar-refractivity contribution in [2.75, 3.05) is 16.2 Å². The molecule has 1 aliphatic rings. The van der Waals surface area contributed by atoms with Gasteiger partial charge >= 0.3 is 0 Å². The normalized spacial score (nSPS) is 14.2. The molecule has 0 atom stereocenters. The molecule has 1 amide bonds. The van der Waals surface area contributed by atoms with Crippen LogP contribution in [0.15, 0.2) is 83.8 Å². The van der Waals surface area contributed by atoms with Crippen LogP contribution in [0.5, 0.6) is 0 Å². The highest BCUT2D eigenvalue weighted by molar-refractivity contribution is 7.92. The van der Waals surface area contributed by atoms with Gasteiger partial charge in [0.15, 0.2) is 0 Å². The van der Waals surface area contributed by atoms with Gasteiger partial charge in [-0.15, -0.1) is 0 Å². The molecule has 3 aromatic carbocycles. The number of rotatable bonds is 3. The molecular formula is C21H18N2O3S. The number of hydrogen-bond donors (Lipinski definition) is 1. The van der Waals surface area contributed by atoms with Crippen LogP contribution in [0.25, 0.3) is 11.1 Å². The third kappa shape index (κ3) is 3.31. The van der Waals surface area contributed by atoms with Crippen molar-refractivity contribution in [1.82, 2.24) is 0 Å². The molecule has 27 heavy (non-hydrogen) atoms. The molecule has 1 aliphatic heterocycles. The first-order valence-corrected chi connectivity index (χ1v) is 10.1. The van der Waals surface area contributed by atoms with Gasteiger partial charge in [0, 0.05) is 13.0 Å². The fraction of sp³-hybridized carbons (Fsp3) is 0.0952. The lowest BCUT2D eigenvalue weighted by Crippen LogP contribution is -2.32. The number of nitrogens with one attached hydrogen (secondary N) is 1. The molecule has 136 valence electrons. The van der Waals surface area contributed by atoms with Gasteiger partial charge in [0.2, 0.25) is 5.91 Å². The van der Waals surface area contributed by atoms with Crippen LogP contribution in [-0.2, 0) is 14.8 Å². The number of nitrogens with zero attached hydrogens (tertiary/aromatic N) is 1. The number of sulfonamides is 1. The Morgan fingerprint density at radius 3 is 2.33 bits per heavy atom. The maximum Gasteiger partial charge on any atom is 0.264 e. The average molecular weight is 378 g/mol. The van der Waals surface area contributed by atoms with Gasteiger partial charge in [-0.2, -0.15) is 0 Å². The number of benzene rings is 3. The van der Waals surface area contributed by atoms with Crippen molar-refractivity contribution < 1.29 is 13.2 Å². The summed E-state index contributed by atoms with van der Waals surface area (Å²) in [6.07, 6.45) is 0.103. The van der Waals surface area contributed by atoms with Crippen molar-refractivity contribution in [3.05, 3.63) is 78.9 Å². The number of carbonyl (C=O) groups excluding carboxylic acids is 1. The maximum absolute atomic E-state index is 13.4. The maximum atomic E-state index is 13.4. The van der Waals surface area contributed by atoms with Crippen LogP contribution >= 0.6 is 0 Å². The molecule has 0 spiro atoms. The van der Waals surface area contributed by atoms with Crippen LogP contribution in [0.1, 0.15) is 6.42 Å². The van der Waals surface area contributed by atoms with E-state index in [2.05, 4.69) is 5.32 Å². The molecule has 4 rings (SSSR count). The first-order valence-electron chi connectivity index (χ1n) is 8.63. The minimum Gasteiger partial charge on any atom is -0.324 e. The quantitative estimate of drug-likeness (QED) is 0.752. The molecule has 6 heteroatoms. The zero-order valence-corrected chi connectivity index (χ0v) is 15.3. The number of fused-ring (bicyclic) bond motifs is 1. The second-order valence-corrected chi connectivity index (χ2v) is 8.15. The molecule has 0 fully saturated rings. The van der Waals surface area contributed by atoms with Crippen molar-refractivity contribution in [3.63, 3.8) is 0 Å². The van der Waals surface area contributed by atoms with Crippen molar-refractivity contribution in [1.29, 1.82) is 0 Å². The second kappa shape index (κ2) is 6.89. The van der Waals surface area contributed by atoms with Gasteiger partial charge in [0.1, 0.15) is 0 Å². The van der Waals surface area contributed by atoms with Gasteiger partial charge in [-0.25, -0.2) is 8.42 Å². The molecule has 0 aliphatic carbocycles. The number of hydrogen-bond acceptors (Lipinski definition) is 3. The second-order valence-electron chi connectivity index (χ2n) is 6.29. The Balaban J connectivity index is 1.79. The van der Waals surface area contributed by atoms with E-state index in [4.69, 9.17) is 0 Å². The summed E-state index contributed by atoms with van der Waals surface area (Å²) in [6, 6.07) is 23.5. The lowest BCUT2D eigenvalue weighted by Gasteiger charge is -2.24. The Labute approximate surface area is 158 Å². The van der Waals surface area contributed by atoms with E-state index in [1.165, 1.54) is 4.31 Å². The molecule has 0 radical (unpaired) electrons. The first-order chi connectivity index (χ1) is 13.1. The Hall–Kier alpha value is -3.12. The molecule has 1 heterocycles. The van der Waals surface area contributed by atoms with Crippen LogP contribution in [0.4, 0.5) is 11.4 Å². The number of carbonyl (C=O) groups is 1. The van der Waals surface area contributed by atoms with Crippen LogP contribution < -0.4 is 9.62 Å². The van der Waals surface area contributed by atoms with Crippen molar-refractivity contribution >= 4 is 27.3 Å². The molecule has 5 nitrogen and oxygen atoms in total. The van der Waals surface area contributed by atoms with Crippen molar-refractivity contribution in [2.24, 2.45) is 0 Å². The predicted molar refractivity (Wildman–Crippen MR) is 106 cm³/mol. The van der Waals surface area contributed by atoms with Gasteiger partial charge in [-0.3, -0.25) is 9.10 Å². The van der Waals surface area contributed by atoms with Crippen LogP contribution in [0, 0.1) is 0 Å². The van der Waals surface area contributed by atoms with Crippen LogP contribution in [-0.4, -0.2) is 20.9 Å². The summed E-state index contributed by atoms with van der Waals surface area (Å²) in [5, 5.41) is 2.77. The van der Waals surface area contributed by atoms with Gasteiger partial charge in [-0.1, -0.05) is 54.6 Å². The number of para-hydroxylation sites is 2. The van der Waals surface area contributed by atoms with Crippen LogP contribution in [0.3, 0.4) is 0 Å². The Kier molecular flexibility index (Phi) is 4.41. The minimum atomic E-state index is -3.81. The van der Waals surface area contributed by atoms with E-state index in [0.29, 0.717) is 11.4 Å². The summed E-state index contributed by atoms with van der Waals surface area (Å²) >= 11 is 0. The van der Waals surface area contributed by atoms with Crippen molar-refractivity contribution in [2.45, 2.75) is 11.3 Å². The van der Waals surface area contributed by atoms with E-state index in [0.717, 1.165) is 11.1 Å². The molecule has 0 saturated carbocycles. The lowest BCUT2D eigenvalue weighted by atomic mass is 10.1. The fourth-order valence-corrected chi connectivity index (χ4v) is 4.71. The van der Waals surface area contributed by atoms with E-state index >= 15 is 0 Å². The summed E-state index contributed by atoms with van der Waals surface area (Å²) < 4.78 is 28.1. The zero-order chi connectivity index (χ0) is 18.9. The molecule has 0 aromatic heterocycles. The van der Waals surface area contributed by atoms with E-state index in [1.54, 1.807) is 42.5 Å². The third-order valence-corrected chi connectivity index (χ3v) is 6.33. The zero-order valence-electron chi connectivity index (χ0n) is 14.5. The predicted octanol–water partition coefficient (Wildman–Crippen LogP) is 3.89. The molecule has 0 bridgehead atoms. The highest BCUT2D eigenvalue weighted by Gasteiger charge is 2.29. The molecule has 0 unspecified atom stereocenters. The summed E-state index contributed by atoms with van der Waals surface area (Å²) in [4.78, 5) is 12.2. The van der Waals surface area contributed by atoms with Gasteiger partial charge in [-0.05, 0) is 35.4 Å². The van der Waals surface area contributed by atoms with Gasteiger partial charge in [0.25, 0.3) is 10.0 Å². The summed E-state index contributed by atoms with van der Waals surface area (Å²) in [5.41, 5.74) is 2.76. The van der Waals surface area contributed by atoms with E-state index in [-0.39, 0.29) is 23.8 Å². The number of amides is 1. The average Bonchev–Trinajstić information content (AvgIpc) is 2.87. The molecule has 1 N–H and O–H groups in total. The minimum absolute atomic E-state index is 0.0980. The van der Waals surface area contributed by atoms with Crippen molar-refractivity contribution in [3.8, 4) is 11.1 Å². The third-order valence-electron chi connectivity index (χ3n) is 4.52. The Bertz CT molecular complexity index is 1100.